The molecule has 0 aromatic heterocycles. The molecule has 0 unspecified atom stereocenters. The molecule has 1 aromatic carbocycles. The highest BCUT2D eigenvalue weighted by Crippen LogP contribution is 2.25. The summed E-state index contributed by atoms with van der Waals surface area (Å²) in [5.41, 5.74) is 0.0786. The molecule has 92 valence electrons. The summed E-state index contributed by atoms with van der Waals surface area (Å²) in [7, 11) is 0. The molecule has 1 heterocycles. The van der Waals surface area contributed by atoms with E-state index in [0.717, 1.165) is 5.69 Å². The van der Waals surface area contributed by atoms with E-state index in [1.54, 1.807) is 19.1 Å². The van der Waals surface area contributed by atoms with E-state index in [1.807, 2.05) is 12.1 Å². The van der Waals surface area contributed by atoms with Gasteiger partial charge in [-0.2, -0.15) is 0 Å². The fourth-order valence-electron chi connectivity index (χ4n) is 1.63. The lowest BCUT2D eigenvalue weighted by Gasteiger charge is -2.40. The van der Waals surface area contributed by atoms with Gasteiger partial charge in [0.2, 0.25) is 0 Å². The number of rotatable bonds is 4. The van der Waals surface area contributed by atoms with E-state index in [0.29, 0.717) is 24.8 Å². The highest BCUT2D eigenvalue weighted by molar-refractivity contribution is 6.30. The number of hydrogen-bond donors (Lipinski definition) is 1. The first kappa shape index (κ1) is 12.2. The number of carbonyl (C=O) groups is 1. The molecule has 1 N–H and O–H groups in total. The van der Waals surface area contributed by atoms with Crippen LogP contribution in [0.15, 0.2) is 24.3 Å². The van der Waals surface area contributed by atoms with Crippen molar-refractivity contribution in [1.82, 2.24) is 0 Å². The smallest absolute Gasteiger partial charge is 0.336 e. The molecule has 0 aliphatic carbocycles. The maximum Gasteiger partial charge on any atom is 0.336 e. The molecule has 1 saturated heterocycles. The monoisotopic (exact) mass is 255 g/mol. The van der Waals surface area contributed by atoms with Gasteiger partial charge in [0.25, 0.3) is 0 Å². The highest BCUT2D eigenvalue weighted by atomic mass is 35.5. The second kappa shape index (κ2) is 4.94. The molecule has 1 aromatic rings. The third kappa shape index (κ3) is 2.53. The van der Waals surface area contributed by atoms with Gasteiger partial charge >= 0.3 is 5.97 Å². The van der Waals surface area contributed by atoms with Gasteiger partial charge in [-0.15, -0.1) is 0 Å². The predicted octanol–water partition coefficient (Wildman–Crippen LogP) is 2.08. The van der Waals surface area contributed by atoms with Crippen LogP contribution in [0.25, 0.3) is 0 Å². The van der Waals surface area contributed by atoms with E-state index in [9.17, 15) is 4.79 Å². The topological polar surface area (TPSA) is 47.6 Å². The van der Waals surface area contributed by atoms with Crippen molar-refractivity contribution in [1.29, 1.82) is 0 Å². The van der Waals surface area contributed by atoms with E-state index < -0.39 is 5.54 Å². The molecule has 4 nitrogen and oxygen atoms in total. The molecule has 1 aliphatic rings. The van der Waals surface area contributed by atoms with Gasteiger partial charge in [0.1, 0.15) is 0 Å². The summed E-state index contributed by atoms with van der Waals surface area (Å²) < 4.78 is 10.1. The van der Waals surface area contributed by atoms with Crippen molar-refractivity contribution >= 4 is 23.3 Å². The van der Waals surface area contributed by atoms with Crippen LogP contribution in [0.2, 0.25) is 5.02 Å². The summed E-state index contributed by atoms with van der Waals surface area (Å²) in [5.74, 6) is -0.277. The number of halogens is 1. The van der Waals surface area contributed by atoms with E-state index in [-0.39, 0.29) is 5.97 Å². The van der Waals surface area contributed by atoms with Crippen LogP contribution in [0.5, 0.6) is 0 Å². The second-order valence-corrected chi connectivity index (χ2v) is 4.36. The number of nitrogens with one attached hydrogen (secondary N) is 1. The molecular formula is C12H14ClNO3. The number of esters is 1. The predicted molar refractivity (Wildman–Crippen MR) is 65.3 cm³/mol. The Bertz CT molecular complexity index is 401. The Morgan fingerprint density at radius 2 is 2.12 bits per heavy atom. The van der Waals surface area contributed by atoms with Gasteiger partial charge in [0.05, 0.1) is 19.8 Å². The number of benzene rings is 1. The van der Waals surface area contributed by atoms with Gasteiger partial charge in [-0.1, -0.05) is 11.6 Å². The average Bonchev–Trinajstić information content (AvgIpc) is 2.26. The zero-order valence-electron chi connectivity index (χ0n) is 9.53. The molecular weight excluding hydrogens is 242 g/mol. The van der Waals surface area contributed by atoms with Gasteiger partial charge in [-0.25, -0.2) is 4.79 Å². The van der Waals surface area contributed by atoms with Crippen LogP contribution in [0.1, 0.15) is 6.92 Å². The normalized spacial score (nSPS) is 17.1. The van der Waals surface area contributed by atoms with E-state index >= 15 is 0 Å². The summed E-state index contributed by atoms with van der Waals surface area (Å²) >= 11 is 5.80. The standard InChI is InChI=1S/C12H14ClNO3/c1-2-17-11(15)12(7-16-8-12)14-10-5-3-9(13)4-6-10/h3-6,14H,2,7-8H2,1H3. The van der Waals surface area contributed by atoms with E-state index in [2.05, 4.69) is 5.32 Å². The molecule has 5 heteroatoms. The van der Waals surface area contributed by atoms with Gasteiger partial charge < -0.3 is 14.8 Å². The Morgan fingerprint density at radius 1 is 1.47 bits per heavy atom. The summed E-state index contributed by atoms with van der Waals surface area (Å²) in [6.07, 6.45) is 0. The van der Waals surface area contributed by atoms with Crippen molar-refractivity contribution in [3.8, 4) is 0 Å². The molecule has 0 bridgehead atoms. The fourth-order valence-corrected chi connectivity index (χ4v) is 1.75. The molecule has 2 rings (SSSR count). The Balaban J connectivity index is 2.09. The minimum Gasteiger partial charge on any atom is -0.464 e. The summed E-state index contributed by atoms with van der Waals surface area (Å²) in [6, 6.07) is 7.17. The van der Waals surface area contributed by atoms with Crippen LogP contribution >= 0.6 is 11.6 Å². The van der Waals surface area contributed by atoms with Crippen LogP contribution in [0.4, 0.5) is 5.69 Å². The first-order chi connectivity index (χ1) is 8.16. The maximum absolute atomic E-state index is 11.8. The molecule has 17 heavy (non-hydrogen) atoms. The van der Waals surface area contributed by atoms with Gasteiger partial charge in [0.15, 0.2) is 5.54 Å². The zero-order chi connectivity index (χ0) is 12.3. The number of anilines is 1. The number of ether oxygens (including phenoxy) is 2. The molecule has 0 spiro atoms. The van der Waals surface area contributed by atoms with Crippen LogP contribution in [0, 0.1) is 0 Å². The first-order valence-corrected chi connectivity index (χ1v) is 5.83. The molecule has 1 fully saturated rings. The van der Waals surface area contributed by atoms with Crippen LogP contribution in [-0.4, -0.2) is 31.3 Å². The maximum atomic E-state index is 11.8. The molecule has 0 amide bonds. The quantitative estimate of drug-likeness (QED) is 0.837. The van der Waals surface area contributed by atoms with Crippen LogP contribution in [0.3, 0.4) is 0 Å². The summed E-state index contributed by atoms with van der Waals surface area (Å²) in [6.45, 7) is 2.80. The largest absolute Gasteiger partial charge is 0.464 e. The lowest BCUT2D eigenvalue weighted by molar-refractivity contribution is -0.164. The average molecular weight is 256 g/mol. The van der Waals surface area contributed by atoms with E-state index in [1.165, 1.54) is 0 Å². The van der Waals surface area contributed by atoms with Gasteiger partial charge in [-0.05, 0) is 31.2 Å². The van der Waals surface area contributed by atoms with Crippen molar-refractivity contribution in [3.63, 3.8) is 0 Å². The number of carbonyl (C=O) groups excluding carboxylic acids is 1. The van der Waals surface area contributed by atoms with Gasteiger partial charge in [-0.3, -0.25) is 0 Å². The Kier molecular flexibility index (Phi) is 3.54. The highest BCUT2D eigenvalue weighted by Gasteiger charge is 2.47. The Labute approximate surface area is 105 Å². The zero-order valence-corrected chi connectivity index (χ0v) is 10.3. The van der Waals surface area contributed by atoms with Crippen LogP contribution in [-0.2, 0) is 14.3 Å². The van der Waals surface area contributed by atoms with Crippen molar-refractivity contribution < 1.29 is 14.3 Å². The molecule has 0 saturated carbocycles. The minimum absolute atomic E-state index is 0.277. The third-order valence-electron chi connectivity index (χ3n) is 2.59. The molecule has 0 atom stereocenters. The third-order valence-corrected chi connectivity index (χ3v) is 2.84. The van der Waals surface area contributed by atoms with Crippen LogP contribution < -0.4 is 5.32 Å². The fraction of sp³-hybridized carbons (Fsp3) is 0.417. The van der Waals surface area contributed by atoms with Crippen molar-refractivity contribution in [2.75, 3.05) is 25.1 Å². The summed E-state index contributed by atoms with van der Waals surface area (Å²) in [4.78, 5) is 11.8. The van der Waals surface area contributed by atoms with Crippen molar-refractivity contribution in [2.45, 2.75) is 12.5 Å². The first-order valence-electron chi connectivity index (χ1n) is 5.45. The summed E-state index contributed by atoms with van der Waals surface area (Å²) in [5, 5.41) is 3.80. The molecule has 0 radical (unpaired) electrons. The lowest BCUT2D eigenvalue weighted by Crippen LogP contribution is -2.62. The van der Waals surface area contributed by atoms with Gasteiger partial charge in [0, 0.05) is 10.7 Å². The number of hydrogen-bond acceptors (Lipinski definition) is 4. The minimum atomic E-state index is -0.746. The lowest BCUT2D eigenvalue weighted by atomic mass is 9.97. The van der Waals surface area contributed by atoms with Crippen molar-refractivity contribution in [2.24, 2.45) is 0 Å². The Morgan fingerprint density at radius 3 is 2.59 bits per heavy atom. The second-order valence-electron chi connectivity index (χ2n) is 3.93. The van der Waals surface area contributed by atoms with E-state index in [4.69, 9.17) is 21.1 Å². The Hall–Kier alpha value is -1.26. The van der Waals surface area contributed by atoms with Crippen molar-refractivity contribution in [3.05, 3.63) is 29.3 Å². The SMILES string of the molecule is CCOC(=O)C1(Nc2ccc(Cl)cc2)COC1. The molecule has 1 aliphatic heterocycles.